The Balaban J connectivity index is 1.90. The highest BCUT2D eigenvalue weighted by Gasteiger charge is 2.35. The quantitative estimate of drug-likeness (QED) is 0.835. The van der Waals surface area contributed by atoms with Crippen LogP contribution in [0.15, 0.2) is 37.1 Å². The number of aryl methyl sites for hydroxylation is 1. The molecule has 3 heteroatoms. The van der Waals surface area contributed by atoms with Crippen molar-refractivity contribution in [1.29, 1.82) is 0 Å². The van der Waals surface area contributed by atoms with Gasteiger partial charge in [-0.3, -0.25) is 4.79 Å². The lowest BCUT2D eigenvalue weighted by atomic mass is 10.0. The number of amides is 1. The van der Waals surface area contributed by atoms with Crippen molar-refractivity contribution in [2.75, 3.05) is 0 Å². The van der Waals surface area contributed by atoms with Gasteiger partial charge in [0.15, 0.2) is 0 Å². The van der Waals surface area contributed by atoms with Crippen molar-refractivity contribution >= 4 is 11.6 Å². The molecule has 2 heterocycles. The molecule has 0 radical (unpaired) electrons. The smallest absolute Gasteiger partial charge is 0.246 e. The predicted octanol–water partition coefficient (Wildman–Crippen LogP) is 2.57. The van der Waals surface area contributed by atoms with E-state index in [0.717, 1.165) is 30.8 Å². The third-order valence-corrected chi connectivity index (χ3v) is 4.03. The number of carbonyl (C=O) groups is 1. The zero-order chi connectivity index (χ0) is 13.6. The van der Waals surface area contributed by atoms with Crippen molar-refractivity contribution in [1.82, 2.24) is 10.2 Å². The Kier molecular flexibility index (Phi) is 2.70. The van der Waals surface area contributed by atoms with Gasteiger partial charge in [-0.1, -0.05) is 31.4 Å². The van der Waals surface area contributed by atoms with Crippen LogP contribution in [0.5, 0.6) is 0 Å². The summed E-state index contributed by atoms with van der Waals surface area (Å²) in [6.45, 7) is 10.9. The number of allylic oxidation sites excluding steroid dienone is 1. The van der Waals surface area contributed by atoms with Crippen molar-refractivity contribution < 1.29 is 4.79 Å². The molecule has 0 saturated carbocycles. The first-order chi connectivity index (χ1) is 9.08. The van der Waals surface area contributed by atoms with E-state index in [2.05, 4.69) is 48.5 Å². The first-order valence-corrected chi connectivity index (χ1v) is 6.61. The van der Waals surface area contributed by atoms with Crippen LogP contribution in [0.25, 0.3) is 5.70 Å². The largest absolute Gasteiger partial charge is 0.355 e. The first-order valence-electron chi connectivity index (χ1n) is 6.61. The van der Waals surface area contributed by atoms with E-state index in [1.165, 1.54) is 16.7 Å². The second-order valence-electron chi connectivity index (χ2n) is 5.33. The van der Waals surface area contributed by atoms with Gasteiger partial charge in [0.1, 0.15) is 6.04 Å². The molecule has 1 fully saturated rings. The summed E-state index contributed by atoms with van der Waals surface area (Å²) in [7, 11) is 0. The van der Waals surface area contributed by atoms with E-state index in [0.29, 0.717) is 0 Å². The van der Waals surface area contributed by atoms with Crippen LogP contribution < -0.4 is 5.32 Å². The molecule has 3 rings (SSSR count). The summed E-state index contributed by atoms with van der Waals surface area (Å²) in [6, 6.07) is 6.15. The topological polar surface area (TPSA) is 32.3 Å². The Morgan fingerprint density at radius 2 is 2.16 bits per heavy atom. The summed E-state index contributed by atoms with van der Waals surface area (Å²) in [5.41, 5.74) is 5.49. The number of benzene rings is 1. The van der Waals surface area contributed by atoms with Crippen LogP contribution in [-0.2, 0) is 11.3 Å². The van der Waals surface area contributed by atoms with E-state index in [-0.39, 0.29) is 11.9 Å². The Labute approximate surface area is 113 Å². The molecule has 1 N–H and O–H groups in total. The normalized spacial score (nSPS) is 22.5. The lowest BCUT2D eigenvalue weighted by Gasteiger charge is -2.33. The van der Waals surface area contributed by atoms with E-state index in [4.69, 9.17) is 0 Å². The second kappa shape index (κ2) is 4.26. The standard InChI is InChI=1S/C16H18N2O/c1-10-5-4-6-13-9-18(12(3)15(10)13)14-8-7-11(2)17-16(14)19/h4-6,14H,2-3,7-9H2,1H3,(H,17,19). The Morgan fingerprint density at radius 1 is 1.37 bits per heavy atom. The van der Waals surface area contributed by atoms with Gasteiger partial charge in [-0.15, -0.1) is 0 Å². The minimum atomic E-state index is -0.121. The minimum Gasteiger partial charge on any atom is -0.355 e. The van der Waals surface area contributed by atoms with Crippen LogP contribution in [0, 0.1) is 6.92 Å². The van der Waals surface area contributed by atoms with Gasteiger partial charge in [-0.25, -0.2) is 0 Å². The van der Waals surface area contributed by atoms with Crippen molar-refractivity contribution in [3.63, 3.8) is 0 Å². The van der Waals surface area contributed by atoms with Gasteiger partial charge in [-0.2, -0.15) is 0 Å². The molecule has 1 amide bonds. The molecule has 1 aromatic carbocycles. The number of nitrogens with one attached hydrogen (secondary N) is 1. The molecule has 3 nitrogen and oxygen atoms in total. The SMILES string of the molecule is C=C1CCC(N2Cc3cccc(C)c3C2=C)C(=O)N1. The molecule has 2 aliphatic rings. The minimum absolute atomic E-state index is 0.0443. The highest BCUT2D eigenvalue weighted by atomic mass is 16.2. The summed E-state index contributed by atoms with van der Waals surface area (Å²) >= 11 is 0. The molecule has 1 unspecified atom stereocenters. The maximum atomic E-state index is 12.1. The number of piperidine rings is 1. The molecule has 19 heavy (non-hydrogen) atoms. The van der Waals surface area contributed by atoms with Gasteiger partial charge in [0, 0.05) is 23.5 Å². The number of nitrogens with zero attached hydrogens (tertiary/aromatic N) is 1. The van der Waals surface area contributed by atoms with Gasteiger partial charge in [0.2, 0.25) is 5.91 Å². The van der Waals surface area contributed by atoms with E-state index < -0.39 is 0 Å². The fraction of sp³-hybridized carbons (Fsp3) is 0.312. The van der Waals surface area contributed by atoms with Crippen LogP contribution in [0.1, 0.15) is 29.5 Å². The first kappa shape index (κ1) is 12.0. The molecule has 0 aliphatic carbocycles. The fourth-order valence-corrected chi connectivity index (χ4v) is 3.05. The number of fused-ring (bicyclic) bond motifs is 1. The van der Waals surface area contributed by atoms with Crippen molar-refractivity contribution in [3.8, 4) is 0 Å². The number of hydrogen-bond acceptors (Lipinski definition) is 2. The lowest BCUT2D eigenvalue weighted by Crippen LogP contribution is -2.47. The van der Waals surface area contributed by atoms with E-state index >= 15 is 0 Å². The Hall–Kier alpha value is -2.03. The molecular weight excluding hydrogens is 236 g/mol. The summed E-state index contributed by atoms with van der Waals surface area (Å²) < 4.78 is 0. The predicted molar refractivity (Wildman–Crippen MR) is 76.1 cm³/mol. The molecule has 0 aromatic heterocycles. The van der Waals surface area contributed by atoms with Crippen molar-refractivity contribution in [2.24, 2.45) is 0 Å². The molecule has 1 aromatic rings. The molecule has 0 bridgehead atoms. The van der Waals surface area contributed by atoms with Crippen LogP contribution >= 0.6 is 0 Å². The molecule has 0 spiro atoms. The number of carbonyl (C=O) groups excluding carboxylic acids is 1. The van der Waals surface area contributed by atoms with E-state index in [9.17, 15) is 4.79 Å². The third-order valence-electron chi connectivity index (χ3n) is 4.03. The Bertz CT molecular complexity index is 588. The summed E-state index contributed by atoms with van der Waals surface area (Å²) in [5.74, 6) is 0.0443. The van der Waals surface area contributed by atoms with Crippen molar-refractivity contribution in [3.05, 3.63) is 53.7 Å². The zero-order valence-corrected chi connectivity index (χ0v) is 11.2. The van der Waals surface area contributed by atoms with Gasteiger partial charge in [0.25, 0.3) is 0 Å². The van der Waals surface area contributed by atoms with Gasteiger partial charge >= 0.3 is 0 Å². The third kappa shape index (κ3) is 1.86. The lowest BCUT2D eigenvalue weighted by molar-refractivity contribution is -0.125. The van der Waals surface area contributed by atoms with Crippen LogP contribution in [0.3, 0.4) is 0 Å². The molecule has 2 aliphatic heterocycles. The number of rotatable bonds is 1. The molecular formula is C16H18N2O. The van der Waals surface area contributed by atoms with E-state index in [1.54, 1.807) is 0 Å². The average molecular weight is 254 g/mol. The van der Waals surface area contributed by atoms with Gasteiger partial charge < -0.3 is 10.2 Å². The second-order valence-corrected chi connectivity index (χ2v) is 5.33. The van der Waals surface area contributed by atoms with Crippen LogP contribution in [0.4, 0.5) is 0 Å². The summed E-state index contributed by atoms with van der Waals surface area (Å²) in [4.78, 5) is 14.2. The van der Waals surface area contributed by atoms with E-state index in [1.807, 2.05) is 0 Å². The highest BCUT2D eigenvalue weighted by Crippen LogP contribution is 2.37. The monoisotopic (exact) mass is 254 g/mol. The van der Waals surface area contributed by atoms with Gasteiger partial charge in [-0.05, 0) is 30.9 Å². The fourth-order valence-electron chi connectivity index (χ4n) is 3.05. The van der Waals surface area contributed by atoms with Gasteiger partial charge in [0.05, 0.1) is 0 Å². The molecule has 98 valence electrons. The average Bonchev–Trinajstić information content (AvgIpc) is 2.68. The highest BCUT2D eigenvalue weighted by molar-refractivity contribution is 5.87. The van der Waals surface area contributed by atoms with Crippen LogP contribution in [-0.4, -0.2) is 16.8 Å². The summed E-state index contributed by atoms with van der Waals surface area (Å²) in [6.07, 6.45) is 1.66. The maximum absolute atomic E-state index is 12.1. The van der Waals surface area contributed by atoms with Crippen LogP contribution in [0.2, 0.25) is 0 Å². The van der Waals surface area contributed by atoms with Crippen molar-refractivity contribution in [2.45, 2.75) is 32.4 Å². The number of hydrogen-bond donors (Lipinski definition) is 1. The zero-order valence-electron chi connectivity index (χ0n) is 11.2. The Morgan fingerprint density at radius 3 is 2.84 bits per heavy atom. The summed E-state index contributed by atoms with van der Waals surface area (Å²) in [5, 5.41) is 2.85. The molecule has 1 atom stereocenters. The maximum Gasteiger partial charge on any atom is 0.246 e. The molecule has 1 saturated heterocycles.